The zero-order valence-electron chi connectivity index (χ0n) is 17.0. The zero-order valence-corrected chi connectivity index (χ0v) is 17.0. The lowest BCUT2D eigenvalue weighted by atomic mass is 10.2. The van der Waals surface area contributed by atoms with Gasteiger partial charge in [0.2, 0.25) is 11.8 Å². The van der Waals surface area contributed by atoms with E-state index in [1.54, 1.807) is 29.1 Å². The van der Waals surface area contributed by atoms with E-state index in [0.29, 0.717) is 29.8 Å². The first kappa shape index (κ1) is 20.2. The maximum Gasteiger partial charge on any atom is 0.248 e. The van der Waals surface area contributed by atoms with Crippen LogP contribution >= 0.6 is 0 Å². The molecule has 0 bridgehead atoms. The number of carbonyl (C=O) groups is 1. The molecule has 4 rings (SSSR count). The van der Waals surface area contributed by atoms with Gasteiger partial charge in [0.25, 0.3) is 0 Å². The van der Waals surface area contributed by atoms with Gasteiger partial charge in [-0.05, 0) is 43.7 Å². The number of pyridine rings is 1. The fraction of sp³-hybridized carbons (Fsp3) is 0.364. The largest absolute Gasteiger partial charge is 0.494 e. The number of imidazole rings is 1. The number of benzene rings is 1. The summed E-state index contributed by atoms with van der Waals surface area (Å²) in [5, 5.41) is 0. The van der Waals surface area contributed by atoms with Crippen molar-refractivity contribution in [2.45, 2.75) is 19.4 Å². The van der Waals surface area contributed by atoms with Gasteiger partial charge in [-0.25, -0.2) is 4.98 Å². The van der Waals surface area contributed by atoms with E-state index in [1.807, 2.05) is 24.3 Å². The second-order valence-electron chi connectivity index (χ2n) is 7.37. The van der Waals surface area contributed by atoms with Gasteiger partial charge >= 0.3 is 0 Å². The second-order valence-corrected chi connectivity index (χ2v) is 7.37. The normalized spacial score (nSPS) is 17.2. The molecule has 1 unspecified atom stereocenters. The van der Waals surface area contributed by atoms with Crippen LogP contribution in [0.4, 0.5) is 0 Å². The summed E-state index contributed by atoms with van der Waals surface area (Å²) in [5.74, 6) is 1.36. The van der Waals surface area contributed by atoms with Crippen LogP contribution in [0.25, 0.3) is 5.52 Å². The highest BCUT2D eigenvalue weighted by atomic mass is 16.5. The van der Waals surface area contributed by atoms with E-state index in [2.05, 4.69) is 16.8 Å². The number of amides is 1. The Balaban J connectivity index is 1.33. The zero-order chi connectivity index (χ0) is 20.9. The third-order valence-electron chi connectivity index (χ3n) is 5.18. The highest BCUT2D eigenvalue weighted by Gasteiger charge is 2.17. The lowest BCUT2D eigenvalue weighted by Gasteiger charge is -2.33. The van der Waals surface area contributed by atoms with Crippen LogP contribution in [0.3, 0.4) is 0 Å². The van der Waals surface area contributed by atoms with Crippen molar-refractivity contribution >= 4 is 11.4 Å². The molecule has 1 aliphatic rings. The number of primary amides is 1. The van der Waals surface area contributed by atoms with Crippen LogP contribution in [-0.4, -0.2) is 59.1 Å². The number of rotatable bonds is 8. The monoisotopic (exact) mass is 410 g/mol. The average Bonchev–Trinajstić information content (AvgIpc) is 3.22. The van der Waals surface area contributed by atoms with E-state index in [-0.39, 0.29) is 0 Å². The van der Waals surface area contributed by atoms with Crippen LogP contribution in [0.1, 0.15) is 23.7 Å². The molecule has 2 aromatic heterocycles. The average molecular weight is 410 g/mol. The molecule has 1 amide bonds. The van der Waals surface area contributed by atoms with Crippen molar-refractivity contribution in [3.8, 4) is 17.4 Å². The molecule has 1 aliphatic heterocycles. The van der Waals surface area contributed by atoms with E-state index in [1.165, 1.54) is 0 Å². The molecule has 3 aromatic rings. The van der Waals surface area contributed by atoms with E-state index < -0.39 is 5.91 Å². The fourth-order valence-electron chi connectivity index (χ4n) is 3.50. The first-order valence-electron chi connectivity index (χ1n) is 10.1. The summed E-state index contributed by atoms with van der Waals surface area (Å²) in [7, 11) is 0. The summed E-state index contributed by atoms with van der Waals surface area (Å²) < 4.78 is 19.0. The quantitative estimate of drug-likeness (QED) is 0.574. The van der Waals surface area contributed by atoms with Crippen molar-refractivity contribution in [1.29, 1.82) is 0 Å². The summed E-state index contributed by atoms with van der Waals surface area (Å²) in [4.78, 5) is 18.1. The smallest absolute Gasteiger partial charge is 0.248 e. The summed E-state index contributed by atoms with van der Waals surface area (Å²) in [6.45, 7) is 6.43. The molecule has 0 saturated carbocycles. The number of nitrogens with zero attached hydrogens (tertiary/aromatic N) is 3. The Morgan fingerprint density at radius 2 is 2.07 bits per heavy atom. The molecule has 0 radical (unpaired) electrons. The summed E-state index contributed by atoms with van der Waals surface area (Å²) >= 11 is 0. The van der Waals surface area contributed by atoms with Crippen molar-refractivity contribution in [1.82, 2.24) is 14.3 Å². The lowest BCUT2D eigenvalue weighted by molar-refractivity contribution is -0.00200. The predicted octanol–water partition coefficient (Wildman–Crippen LogP) is 2.72. The number of nitrogens with two attached hydrogens (primary N) is 1. The molecule has 158 valence electrons. The van der Waals surface area contributed by atoms with Gasteiger partial charge in [-0.3, -0.25) is 14.1 Å². The number of aromatic nitrogens is 2. The van der Waals surface area contributed by atoms with Gasteiger partial charge in [0, 0.05) is 30.8 Å². The number of ether oxygens (including phenoxy) is 3. The van der Waals surface area contributed by atoms with Gasteiger partial charge < -0.3 is 19.9 Å². The van der Waals surface area contributed by atoms with Crippen LogP contribution < -0.4 is 15.2 Å². The Morgan fingerprint density at radius 3 is 2.83 bits per heavy atom. The molecule has 8 nitrogen and oxygen atoms in total. The van der Waals surface area contributed by atoms with E-state index in [9.17, 15) is 4.79 Å². The third kappa shape index (κ3) is 4.72. The number of fused-ring (bicyclic) bond motifs is 1. The van der Waals surface area contributed by atoms with Crippen molar-refractivity contribution in [3.05, 3.63) is 54.5 Å². The van der Waals surface area contributed by atoms with Gasteiger partial charge in [-0.1, -0.05) is 0 Å². The summed E-state index contributed by atoms with van der Waals surface area (Å²) in [6, 6.07) is 11.2. The van der Waals surface area contributed by atoms with Crippen molar-refractivity contribution in [2.24, 2.45) is 5.73 Å². The molecule has 0 aliphatic carbocycles. The fourth-order valence-corrected chi connectivity index (χ4v) is 3.50. The Labute approximate surface area is 175 Å². The molecular formula is C22H26N4O4. The number of hydrogen-bond acceptors (Lipinski definition) is 6. The molecule has 3 heterocycles. The highest BCUT2D eigenvalue weighted by molar-refractivity contribution is 5.94. The van der Waals surface area contributed by atoms with Crippen LogP contribution in [-0.2, 0) is 4.74 Å². The van der Waals surface area contributed by atoms with E-state index in [4.69, 9.17) is 19.9 Å². The van der Waals surface area contributed by atoms with Crippen molar-refractivity contribution in [2.75, 3.05) is 32.9 Å². The molecule has 1 fully saturated rings. The standard InChI is InChI=1S/C22H26N4O4/c1-16-14-28-10-8-25(16)7-2-9-29-19-3-5-20(6-4-19)30-21-12-17(22(23)27)11-18-13-24-15-26(18)21/h3-6,11-13,15-16H,2,7-10,14H2,1H3,(H2,23,27). The van der Waals surface area contributed by atoms with E-state index >= 15 is 0 Å². The maximum absolute atomic E-state index is 11.6. The molecular weight excluding hydrogens is 384 g/mol. The predicted molar refractivity (Wildman–Crippen MR) is 112 cm³/mol. The first-order valence-corrected chi connectivity index (χ1v) is 10.1. The van der Waals surface area contributed by atoms with Gasteiger partial charge in [0.15, 0.2) is 0 Å². The third-order valence-corrected chi connectivity index (χ3v) is 5.18. The number of carbonyl (C=O) groups excluding carboxylic acids is 1. The molecule has 8 heteroatoms. The molecule has 2 N–H and O–H groups in total. The molecule has 0 spiro atoms. The van der Waals surface area contributed by atoms with Gasteiger partial charge in [-0.15, -0.1) is 0 Å². The SMILES string of the molecule is CC1COCCN1CCCOc1ccc(Oc2cc(C(N)=O)cc3cncn23)cc1. The number of morpholine rings is 1. The van der Waals surface area contributed by atoms with E-state index in [0.717, 1.165) is 44.0 Å². The van der Waals surface area contributed by atoms with Gasteiger partial charge in [0.05, 0.1) is 31.5 Å². The van der Waals surface area contributed by atoms with Crippen molar-refractivity contribution in [3.63, 3.8) is 0 Å². The minimum absolute atomic E-state index is 0.368. The summed E-state index contributed by atoms with van der Waals surface area (Å²) in [5.41, 5.74) is 6.52. The molecule has 1 atom stereocenters. The Hall–Kier alpha value is -3.10. The Bertz CT molecular complexity index is 1000. The van der Waals surface area contributed by atoms with Crippen LogP contribution in [0, 0.1) is 0 Å². The van der Waals surface area contributed by atoms with Crippen LogP contribution in [0.15, 0.2) is 48.9 Å². The summed E-state index contributed by atoms with van der Waals surface area (Å²) in [6.07, 6.45) is 4.23. The first-order chi connectivity index (χ1) is 14.6. The molecule has 1 saturated heterocycles. The lowest BCUT2D eigenvalue weighted by Crippen LogP contribution is -2.44. The minimum atomic E-state index is -0.515. The van der Waals surface area contributed by atoms with Gasteiger partial charge in [-0.2, -0.15) is 0 Å². The molecule has 1 aromatic carbocycles. The Kier molecular flexibility index (Phi) is 6.15. The number of hydrogen-bond donors (Lipinski definition) is 1. The van der Waals surface area contributed by atoms with Gasteiger partial charge in [0.1, 0.15) is 17.8 Å². The Morgan fingerprint density at radius 1 is 1.27 bits per heavy atom. The topological polar surface area (TPSA) is 91.3 Å². The highest BCUT2D eigenvalue weighted by Crippen LogP contribution is 2.26. The van der Waals surface area contributed by atoms with Crippen molar-refractivity contribution < 1.29 is 19.0 Å². The van der Waals surface area contributed by atoms with Crippen LogP contribution in [0.2, 0.25) is 0 Å². The van der Waals surface area contributed by atoms with Crippen LogP contribution in [0.5, 0.6) is 17.4 Å². The molecule has 30 heavy (non-hydrogen) atoms. The minimum Gasteiger partial charge on any atom is -0.494 e. The second kappa shape index (κ2) is 9.15. The maximum atomic E-state index is 11.6.